The summed E-state index contributed by atoms with van der Waals surface area (Å²) < 4.78 is 5.07. The Balaban J connectivity index is 1.73. The molecule has 0 atom stereocenters. The average Bonchev–Trinajstić information content (AvgIpc) is 2.47. The van der Waals surface area contributed by atoms with Gasteiger partial charge in [-0.2, -0.15) is 0 Å². The number of amides is 2. The van der Waals surface area contributed by atoms with Crippen LogP contribution in [0.25, 0.3) is 0 Å². The van der Waals surface area contributed by atoms with Crippen molar-refractivity contribution in [3.8, 4) is 5.75 Å². The van der Waals surface area contributed by atoms with Gasteiger partial charge in [-0.15, -0.1) is 0 Å². The lowest BCUT2D eigenvalue weighted by Crippen LogP contribution is -2.37. The molecule has 0 bridgehead atoms. The smallest absolute Gasteiger partial charge is 0.319 e. The van der Waals surface area contributed by atoms with Crippen LogP contribution < -0.4 is 20.7 Å². The van der Waals surface area contributed by atoms with Crippen LogP contribution in [0.4, 0.5) is 10.5 Å². The van der Waals surface area contributed by atoms with Gasteiger partial charge < -0.3 is 20.7 Å². The molecule has 1 aliphatic heterocycles. The standard InChI is InChI=1S/C14H21N3O2/c1-19-13-4-2-12(3-5-13)17-14(18)16-10-11-6-8-15-9-7-11/h2-5,11,15H,6-10H2,1H3,(H2,16,17,18). The number of methoxy groups -OCH3 is 1. The predicted molar refractivity (Wildman–Crippen MR) is 75.6 cm³/mol. The van der Waals surface area contributed by atoms with Gasteiger partial charge in [0.15, 0.2) is 0 Å². The quantitative estimate of drug-likeness (QED) is 0.776. The second kappa shape index (κ2) is 6.99. The van der Waals surface area contributed by atoms with Crippen LogP contribution in [0.5, 0.6) is 5.75 Å². The summed E-state index contributed by atoms with van der Waals surface area (Å²) in [4.78, 5) is 11.7. The van der Waals surface area contributed by atoms with E-state index in [-0.39, 0.29) is 6.03 Å². The first kappa shape index (κ1) is 13.7. The van der Waals surface area contributed by atoms with Gasteiger partial charge in [0.05, 0.1) is 7.11 Å². The summed E-state index contributed by atoms with van der Waals surface area (Å²) >= 11 is 0. The summed E-state index contributed by atoms with van der Waals surface area (Å²) in [6.07, 6.45) is 2.26. The van der Waals surface area contributed by atoms with Crippen LogP contribution in [0.15, 0.2) is 24.3 Å². The first-order chi connectivity index (χ1) is 9.28. The van der Waals surface area contributed by atoms with E-state index in [1.807, 2.05) is 24.3 Å². The number of nitrogens with one attached hydrogen (secondary N) is 3. The maximum absolute atomic E-state index is 11.7. The fourth-order valence-electron chi connectivity index (χ4n) is 2.17. The van der Waals surface area contributed by atoms with Crippen molar-refractivity contribution in [2.24, 2.45) is 5.92 Å². The zero-order valence-corrected chi connectivity index (χ0v) is 11.2. The van der Waals surface area contributed by atoms with Crippen LogP contribution in [-0.2, 0) is 0 Å². The highest BCUT2D eigenvalue weighted by Crippen LogP contribution is 2.15. The molecule has 1 saturated heterocycles. The summed E-state index contributed by atoms with van der Waals surface area (Å²) in [6.45, 7) is 2.84. The first-order valence-electron chi connectivity index (χ1n) is 6.67. The van der Waals surface area contributed by atoms with Gasteiger partial charge in [0.2, 0.25) is 0 Å². The number of urea groups is 1. The molecule has 104 valence electrons. The van der Waals surface area contributed by atoms with Crippen molar-refractivity contribution in [2.45, 2.75) is 12.8 Å². The molecular formula is C14H21N3O2. The fourth-order valence-corrected chi connectivity index (χ4v) is 2.17. The third-order valence-corrected chi connectivity index (χ3v) is 3.36. The lowest BCUT2D eigenvalue weighted by molar-refractivity contribution is 0.248. The molecule has 1 fully saturated rings. The van der Waals surface area contributed by atoms with Gasteiger partial charge in [-0.3, -0.25) is 0 Å². The molecule has 0 saturated carbocycles. The van der Waals surface area contributed by atoms with E-state index < -0.39 is 0 Å². The largest absolute Gasteiger partial charge is 0.497 e. The molecule has 0 aliphatic carbocycles. The van der Waals surface area contributed by atoms with Crippen molar-refractivity contribution >= 4 is 11.7 Å². The zero-order chi connectivity index (χ0) is 13.5. The number of hydrogen-bond donors (Lipinski definition) is 3. The van der Waals surface area contributed by atoms with E-state index in [1.54, 1.807) is 7.11 Å². The molecule has 3 N–H and O–H groups in total. The van der Waals surface area contributed by atoms with Gasteiger partial charge in [0.1, 0.15) is 5.75 Å². The van der Waals surface area contributed by atoms with Crippen LogP contribution in [0.1, 0.15) is 12.8 Å². The van der Waals surface area contributed by atoms with E-state index in [1.165, 1.54) is 0 Å². The molecule has 0 spiro atoms. The highest BCUT2D eigenvalue weighted by Gasteiger charge is 2.13. The van der Waals surface area contributed by atoms with Gasteiger partial charge in [-0.1, -0.05) is 0 Å². The Morgan fingerprint density at radius 1 is 1.32 bits per heavy atom. The number of rotatable bonds is 4. The minimum absolute atomic E-state index is 0.149. The summed E-state index contributed by atoms with van der Waals surface area (Å²) in [7, 11) is 1.62. The van der Waals surface area contributed by atoms with Crippen molar-refractivity contribution in [1.29, 1.82) is 0 Å². The van der Waals surface area contributed by atoms with Gasteiger partial charge >= 0.3 is 6.03 Å². The number of hydrogen-bond acceptors (Lipinski definition) is 3. The van der Waals surface area contributed by atoms with Crippen LogP contribution >= 0.6 is 0 Å². The third kappa shape index (κ3) is 4.44. The maximum atomic E-state index is 11.7. The average molecular weight is 263 g/mol. The van der Waals surface area contributed by atoms with E-state index in [0.717, 1.165) is 43.9 Å². The Morgan fingerprint density at radius 3 is 2.63 bits per heavy atom. The minimum Gasteiger partial charge on any atom is -0.497 e. The third-order valence-electron chi connectivity index (χ3n) is 3.36. The van der Waals surface area contributed by atoms with Crippen molar-refractivity contribution < 1.29 is 9.53 Å². The van der Waals surface area contributed by atoms with Crippen LogP contribution in [-0.4, -0.2) is 32.8 Å². The van der Waals surface area contributed by atoms with E-state index in [4.69, 9.17) is 4.74 Å². The molecule has 1 aliphatic rings. The highest BCUT2D eigenvalue weighted by molar-refractivity contribution is 5.89. The normalized spacial score (nSPS) is 15.8. The molecule has 1 aromatic rings. The van der Waals surface area contributed by atoms with E-state index in [2.05, 4.69) is 16.0 Å². The van der Waals surface area contributed by atoms with E-state index >= 15 is 0 Å². The molecular weight excluding hydrogens is 242 g/mol. The highest BCUT2D eigenvalue weighted by atomic mass is 16.5. The molecule has 0 unspecified atom stereocenters. The molecule has 5 heteroatoms. The van der Waals surface area contributed by atoms with Crippen LogP contribution in [0, 0.1) is 5.92 Å². The Bertz CT molecular complexity index is 400. The Morgan fingerprint density at radius 2 is 2.00 bits per heavy atom. The topological polar surface area (TPSA) is 62.4 Å². The molecule has 1 heterocycles. The molecule has 0 radical (unpaired) electrons. The lowest BCUT2D eigenvalue weighted by Gasteiger charge is -2.22. The molecule has 2 amide bonds. The van der Waals surface area contributed by atoms with E-state index in [9.17, 15) is 4.79 Å². The van der Waals surface area contributed by atoms with E-state index in [0.29, 0.717) is 5.92 Å². The Hall–Kier alpha value is -1.75. The number of benzene rings is 1. The second-order valence-electron chi connectivity index (χ2n) is 4.76. The SMILES string of the molecule is COc1ccc(NC(=O)NCC2CCNCC2)cc1. The molecule has 0 aromatic heterocycles. The molecule has 2 rings (SSSR count). The molecule has 1 aromatic carbocycles. The van der Waals surface area contributed by atoms with Crippen molar-refractivity contribution in [2.75, 3.05) is 32.1 Å². The summed E-state index contributed by atoms with van der Waals surface area (Å²) in [5.41, 5.74) is 0.767. The minimum atomic E-state index is -0.149. The lowest BCUT2D eigenvalue weighted by atomic mass is 9.98. The number of carbonyl (C=O) groups is 1. The fraction of sp³-hybridized carbons (Fsp3) is 0.500. The summed E-state index contributed by atoms with van der Waals surface area (Å²) in [5, 5.41) is 9.04. The van der Waals surface area contributed by atoms with Crippen molar-refractivity contribution in [3.05, 3.63) is 24.3 Å². The van der Waals surface area contributed by atoms with Crippen molar-refractivity contribution in [3.63, 3.8) is 0 Å². The monoisotopic (exact) mass is 263 g/mol. The number of piperidine rings is 1. The summed E-state index contributed by atoms with van der Waals surface area (Å²) in [5.74, 6) is 1.36. The molecule has 5 nitrogen and oxygen atoms in total. The Kier molecular flexibility index (Phi) is 5.03. The van der Waals surface area contributed by atoms with Crippen molar-refractivity contribution in [1.82, 2.24) is 10.6 Å². The van der Waals surface area contributed by atoms with Gasteiger partial charge in [0.25, 0.3) is 0 Å². The first-order valence-corrected chi connectivity index (χ1v) is 6.67. The second-order valence-corrected chi connectivity index (χ2v) is 4.76. The number of anilines is 1. The van der Waals surface area contributed by atoms with Gasteiger partial charge in [-0.25, -0.2) is 4.79 Å². The van der Waals surface area contributed by atoms with Crippen LogP contribution in [0.3, 0.4) is 0 Å². The van der Waals surface area contributed by atoms with Crippen LogP contribution in [0.2, 0.25) is 0 Å². The Labute approximate surface area is 113 Å². The van der Waals surface area contributed by atoms with Gasteiger partial charge in [0, 0.05) is 12.2 Å². The number of carbonyl (C=O) groups excluding carboxylic acids is 1. The maximum Gasteiger partial charge on any atom is 0.319 e. The predicted octanol–water partition coefficient (Wildman–Crippen LogP) is 1.82. The zero-order valence-electron chi connectivity index (χ0n) is 11.2. The summed E-state index contributed by atoms with van der Waals surface area (Å²) in [6, 6.07) is 7.14. The number of ether oxygens (including phenoxy) is 1. The van der Waals surface area contributed by atoms with Gasteiger partial charge in [-0.05, 0) is 56.1 Å². The molecule has 19 heavy (non-hydrogen) atoms.